The molecule has 4 nitrogen and oxygen atoms in total. The van der Waals surface area contributed by atoms with Crippen molar-refractivity contribution in [3.05, 3.63) is 35.4 Å². The lowest BCUT2D eigenvalue weighted by atomic mass is 9.80. The van der Waals surface area contributed by atoms with E-state index in [1.807, 2.05) is 31.2 Å². The average Bonchev–Trinajstić information content (AvgIpc) is 2.76. The van der Waals surface area contributed by atoms with E-state index in [-0.39, 0.29) is 11.9 Å². The number of nitrogens with zero attached hydrogens (tertiary/aromatic N) is 1. The van der Waals surface area contributed by atoms with E-state index < -0.39 is 5.41 Å². The van der Waals surface area contributed by atoms with Crippen molar-refractivity contribution in [2.45, 2.75) is 63.1 Å². The molecular weight excluding hydrogens is 286 g/mol. The van der Waals surface area contributed by atoms with Gasteiger partial charge in [-0.3, -0.25) is 4.79 Å². The fraction of sp³-hybridized carbons (Fsp3) is 0.632. The summed E-state index contributed by atoms with van der Waals surface area (Å²) in [5.41, 5.74) is 7.54. The topological polar surface area (TPSA) is 58.4 Å². The van der Waals surface area contributed by atoms with Crippen LogP contribution in [0.1, 0.15) is 43.7 Å². The highest BCUT2D eigenvalue weighted by molar-refractivity contribution is 5.88. The predicted octanol–water partition coefficient (Wildman–Crippen LogP) is 1.95. The van der Waals surface area contributed by atoms with Gasteiger partial charge in [0.25, 0.3) is 0 Å². The Balaban J connectivity index is 1.72. The standard InChI is InChI=1S/C19H29N3O/c1-13-4-6-14(7-5-13)19(2,12-20)18(23)21-15-10-16-8-9-17(11-15)22(16)3/h4-7,15-17H,8-12,20H2,1-3H3,(H,21,23). The van der Waals surface area contributed by atoms with Gasteiger partial charge in [-0.15, -0.1) is 0 Å². The zero-order chi connectivity index (χ0) is 16.6. The average molecular weight is 315 g/mol. The van der Waals surface area contributed by atoms with Crippen LogP contribution in [0.15, 0.2) is 24.3 Å². The molecule has 0 spiro atoms. The third-order valence-corrected chi connectivity index (χ3v) is 6.03. The molecule has 0 aromatic heterocycles. The van der Waals surface area contributed by atoms with Crippen molar-refractivity contribution in [2.24, 2.45) is 5.73 Å². The lowest BCUT2D eigenvalue weighted by Crippen LogP contribution is -2.54. The molecule has 1 amide bonds. The zero-order valence-corrected chi connectivity index (χ0v) is 14.5. The van der Waals surface area contributed by atoms with E-state index in [0.29, 0.717) is 18.6 Å². The van der Waals surface area contributed by atoms with Gasteiger partial charge in [0.1, 0.15) is 0 Å². The smallest absolute Gasteiger partial charge is 0.231 e. The van der Waals surface area contributed by atoms with Gasteiger partial charge in [-0.05, 0) is 52.1 Å². The highest BCUT2D eigenvalue weighted by Crippen LogP contribution is 2.34. The van der Waals surface area contributed by atoms with Gasteiger partial charge in [0.15, 0.2) is 0 Å². The van der Waals surface area contributed by atoms with Gasteiger partial charge in [0, 0.05) is 24.7 Å². The van der Waals surface area contributed by atoms with Crippen LogP contribution in [0.25, 0.3) is 0 Å². The maximum absolute atomic E-state index is 13.0. The largest absolute Gasteiger partial charge is 0.352 e. The molecule has 2 aliphatic rings. The number of rotatable bonds is 4. The molecule has 0 saturated carbocycles. The van der Waals surface area contributed by atoms with Crippen molar-refractivity contribution in [3.63, 3.8) is 0 Å². The molecule has 1 aromatic carbocycles. The molecule has 4 heteroatoms. The minimum Gasteiger partial charge on any atom is -0.352 e. The summed E-state index contributed by atoms with van der Waals surface area (Å²) in [6, 6.07) is 9.69. The molecule has 3 rings (SSSR count). The van der Waals surface area contributed by atoms with Gasteiger partial charge in [0.05, 0.1) is 5.41 Å². The molecule has 3 N–H and O–H groups in total. The Morgan fingerprint density at radius 2 is 1.83 bits per heavy atom. The summed E-state index contributed by atoms with van der Waals surface area (Å²) in [5, 5.41) is 3.30. The second-order valence-electron chi connectivity index (χ2n) is 7.59. The van der Waals surface area contributed by atoms with E-state index in [1.165, 1.54) is 18.4 Å². The van der Waals surface area contributed by atoms with Crippen molar-refractivity contribution in [2.75, 3.05) is 13.6 Å². The summed E-state index contributed by atoms with van der Waals surface area (Å²) >= 11 is 0. The van der Waals surface area contributed by atoms with Crippen LogP contribution in [-0.4, -0.2) is 42.5 Å². The molecule has 2 saturated heterocycles. The van der Waals surface area contributed by atoms with Crippen LogP contribution >= 0.6 is 0 Å². The van der Waals surface area contributed by atoms with Gasteiger partial charge in [-0.1, -0.05) is 29.8 Å². The number of carbonyl (C=O) groups excluding carboxylic acids is 1. The van der Waals surface area contributed by atoms with Gasteiger partial charge >= 0.3 is 0 Å². The van der Waals surface area contributed by atoms with Crippen LogP contribution < -0.4 is 11.1 Å². The number of benzene rings is 1. The Hall–Kier alpha value is -1.39. The minimum atomic E-state index is -0.657. The van der Waals surface area contributed by atoms with Crippen LogP contribution in [0.2, 0.25) is 0 Å². The van der Waals surface area contributed by atoms with Crippen LogP contribution in [0, 0.1) is 6.92 Å². The van der Waals surface area contributed by atoms with Gasteiger partial charge < -0.3 is 16.0 Å². The van der Waals surface area contributed by atoms with E-state index in [9.17, 15) is 4.79 Å². The second kappa shape index (κ2) is 6.25. The number of hydrogen-bond donors (Lipinski definition) is 2. The van der Waals surface area contributed by atoms with Crippen molar-refractivity contribution < 1.29 is 4.79 Å². The number of fused-ring (bicyclic) bond motifs is 2. The molecule has 3 atom stereocenters. The van der Waals surface area contributed by atoms with Crippen molar-refractivity contribution in [1.29, 1.82) is 0 Å². The first kappa shape index (κ1) is 16.5. The molecule has 3 unspecified atom stereocenters. The molecule has 0 aliphatic carbocycles. The molecular formula is C19H29N3O. The maximum Gasteiger partial charge on any atom is 0.231 e. The van der Waals surface area contributed by atoms with Crippen LogP contribution in [0.4, 0.5) is 0 Å². The van der Waals surface area contributed by atoms with Gasteiger partial charge in [0.2, 0.25) is 5.91 Å². The van der Waals surface area contributed by atoms with E-state index in [1.54, 1.807) is 0 Å². The third kappa shape index (κ3) is 3.02. The molecule has 23 heavy (non-hydrogen) atoms. The summed E-state index contributed by atoms with van der Waals surface area (Å²) in [4.78, 5) is 15.5. The lowest BCUT2D eigenvalue weighted by Gasteiger charge is -2.38. The molecule has 2 fully saturated rings. The fourth-order valence-electron chi connectivity index (χ4n) is 4.14. The minimum absolute atomic E-state index is 0.0674. The first-order valence-corrected chi connectivity index (χ1v) is 8.74. The first-order valence-electron chi connectivity index (χ1n) is 8.74. The molecule has 2 bridgehead atoms. The Morgan fingerprint density at radius 1 is 1.26 bits per heavy atom. The van der Waals surface area contributed by atoms with Crippen molar-refractivity contribution >= 4 is 5.91 Å². The van der Waals surface area contributed by atoms with Gasteiger partial charge in [-0.2, -0.15) is 0 Å². The quantitative estimate of drug-likeness (QED) is 0.893. The highest BCUT2D eigenvalue weighted by Gasteiger charge is 2.41. The molecule has 1 aromatic rings. The molecule has 126 valence electrons. The Bertz CT molecular complexity index is 556. The maximum atomic E-state index is 13.0. The SMILES string of the molecule is Cc1ccc(C(C)(CN)C(=O)NC2CC3CCC(C2)N3C)cc1. The van der Waals surface area contributed by atoms with Crippen LogP contribution in [-0.2, 0) is 10.2 Å². The fourth-order valence-corrected chi connectivity index (χ4v) is 4.14. The Labute approximate surface area is 139 Å². The number of nitrogens with one attached hydrogen (secondary N) is 1. The lowest BCUT2D eigenvalue weighted by molar-refractivity contribution is -0.127. The van der Waals surface area contributed by atoms with Crippen LogP contribution in [0.5, 0.6) is 0 Å². The van der Waals surface area contributed by atoms with Gasteiger partial charge in [-0.25, -0.2) is 0 Å². The predicted molar refractivity (Wildman–Crippen MR) is 93.3 cm³/mol. The monoisotopic (exact) mass is 315 g/mol. The van der Waals surface area contributed by atoms with Crippen molar-refractivity contribution in [3.8, 4) is 0 Å². The second-order valence-corrected chi connectivity index (χ2v) is 7.59. The molecule has 0 radical (unpaired) electrons. The first-order chi connectivity index (χ1) is 10.9. The van der Waals surface area contributed by atoms with E-state index in [2.05, 4.69) is 24.2 Å². The number of piperidine rings is 1. The summed E-state index contributed by atoms with van der Waals surface area (Å²) in [6.07, 6.45) is 4.65. The Kier molecular flexibility index (Phi) is 4.47. The summed E-state index contributed by atoms with van der Waals surface area (Å²) in [7, 11) is 2.22. The number of carbonyl (C=O) groups is 1. The van der Waals surface area contributed by atoms with Crippen LogP contribution in [0.3, 0.4) is 0 Å². The zero-order valence-electron chi connectivity index (χ0n) is 14.5. The summed E-state index contributed by atoms with van der Waals surface area (Å²) in [6.45, 7) is 4.33. The molecule has 2 heterocycles. The third-order valence-electron chi connectivity index (χ3n) is 6.03. The van der Waals surface area contributed by atoms with E-state index in [4.69, 9.17) is 5.73 Å². The molecule has 2 aliphatic heterocycles. The Morgan fingerprint density at radius 3 is 2.35 bits per heavy atom. The van der Waals surface area contributed by atoms with E-state index >= 15 is 0 Å². The highest BCUT2D eigenvalue weighted by atomic mass is 16.2. The number of nitrogens with two attached hydrogens (primary N) is 1. The number of amides is 1. The summed E-state index contributed by atoms with van der Waals surface area (Å²) < 4.78 is 0. The van der Waals surface area contributed by atoms with Crippen molar-refractivity contribution in [1.82, 2.24) is 10.2 Å². The summed E-state index contributed by atoms with van der Waals surface area (Å²) in [5.74, 6) is 0.0674. The normalized spacial score (nSPS) is 30.0. The number of hydrogen-bond acceptors (Lipinski definition) is 3. The number of aryl methyl sites for hydroxylation is 1. The van der Waals surface area contributed by atoms with E-state index in [0.717, 1.165) is 18.4 Å².